The van der Waals surface area contributed by atoms with Crippen molar-refractivity contribution >= 4 is 11.8 Å². The van der Waals surface area contributed by atoms with E-state index in [1.165, 1.54) is 0 Å². The van der Waals surface area contributed by atoms with E-state index in [1.807, 2.05) is 26.0 Å². The van der Waals surface area contributed by atoms with E-state index < -0.39 is 6.10 Å². The van der Waals surface area contributed by atoms with Crippen LogP contribution in [0.5, 0.6) is 5.75 Å². The van der Waals surface area contributed by atoms with E-state index in [-0.39, 0.29) is 24.4 Å². The first-order valence-electron chi connectivity index (χ1n) is 8.52. The van der Waals surface area contributed by atoms with Gasteiger partial charge in [0.05, 0.1) is 6.54 Å². The molecule has 5 heteroatoms. The normalized spacial score (nSPS) is 19.6. The van der Waals surface area contributed by atoms with Crippen molar-refractivity contribution in [3.8, 4) is 5.75 Å². The van der Waals surface area contributed by atoms with Gasteiger partial charge in [0, 0.05) is 19.6 Å². The summed E-state index contributed by atoms with van der Waals surface area (Å²) in [6, 6.07) is 6.09. The Morgan fingerprint density at radius 1 is 1.29 bits per heavy atom. The predicted octanol–water partition coefficient (Wildman–Crippen LogP) is 2.57. The molecular weight excluding hydrogens is 304 g/mol. The van der Waals surface area contributed by atoms with Crippen LogP contribution in [-0.4, -0.2) is 53.9 Å². The van der Waals surface area contributed by atoms with E-state index in [0.29, 0.717) is 12.5 Å². The molecule has 0 radical (unpaired) electrons. The molecule has 0 bridgehead atoms. The van der Waals surface area contributed by atoms with Crippen LogP contribution in [0.15, 0.2) is 18.2 Å². The lowest BCUT2D eigenvalue weighted by atomic mass is 10.0. The van der Waals surface area contributed by atoms with Gasteiger partial charge in [0.25, 0.3) is 5.91 Å². The van der Waals surface area contributed by atoms with Crippen LogP contribution in [0.1, 0.15) is 44.7 Å². The number of hydrogen-bond donors (Lipinski definition) is 0. The maximum absolute atomic E-state index is 12.7. The standard InChI is InChI=1S/C19H28N2O3/c1-12(2)16-8-7-13(3)9-17(16)24-15(5)19(23)21-10-14(4)20(6)18(22)11-21/h7-9,12,14-15H,10-11H2,1-6H3. The summed E-state index contributed by atoms with van der Waals surface area (Å²) in [7, 11) is 1.77. The molecule has 5 nitrogen and oxygen atoms in total. The molecule has 24 heavy (non-hydrogen) atoms. The van der Waals surface area contributed by atoms with E-state index in [9.17, 15) is 9.59 Å². The number of benzene rings is 1. The highest BCUT2D eigenvalue weighted by Crippen LogP contribution is 2.28. The van der Waals surface area contributed by atoms with Gasteiger partial charge >= 0.3 is 0 Å². The molecule has 1 aromatic rings. The molecule has 1 aromatic carbocycles. The van der Waals surface area contributed by atoms with Gasteiger partial charge in [-0.05, 0) is 43.9 Å². The number of aryl methyl sites for hydroxylation is 1. The Morgan fingerprint density at radius 3 is 2.54 bits per heavy atom. The molecule has 2 atom stereocenters. The van der Waals surface area contributed by atoms with Crippen LogP contribution in [0.2, 0.25) is 0 Å². The summed E-state index contributed by atoms with van der Waals surface area (Å²) in [6.07, 6.45) is -0.618. The number of amides is 2. The maximum Gasteiger partial charge on any atom is 0.263 e. The van der Waals surface area contributed by atoms with Gasteiger partial charge in [-0.15, -0.1) is 0 Å². The largest absolute Gasteiger partial charge is 0.481 e. The molecule has 1 fully saturated rings. The highest BCUT2D eigenvalue weighted by molar-refractivity contribution is 5.88. The second-order valence-corrected chi connectivity index (χ2v) is 7.03. The Hall–Kier alpha value is -2.04. The smallest absolute Gasteiger partial charge is 0.263 e. The second-order valence-electron chi connectivity index (χ2n) is 7.03. The van der Waals surface area contributed by atoms with Crippen LogP contribution in [0.4, 0.5) is 0 Å². The molecular formula is C19H28N2O3. The van der Waals surface area contributed by atoms with E-state index >= 15 is 0 Å². The Morgan fingerprint density at radius 2 is 1.96 bits per heavy atom. The third-order valence-corrected chi connectivity index (χ3v) is 4.62. The lowest BCUT2D eigenvalue weighted by Gasteiger charge is -2.38. The summed E-state index contributed by atoms with van der Waals surface area (Å²) >= 11 is 0. The fourth-order valence-corrected chi connectivity index (χ4v) is 2.91. The van der Waals surface area contributed by atoms with E-state index in [0.717, 1.165) is 16.9 Å². The van der Waals surface area contributed by atoms with Crippen LogP contribution in [-0.2, 0) is 9.59 Å². The zero-order valence-corrected chi connectivity index (χ0v) is 15.5. The van der Waals surface area contributed by atoms with Crippen LogP contribution >= 0.6 is 0 Å². The van der Waals surface area contributed by atoms with Crippen LogP contribution < -0.4 is 4.74 Å². The zero-order valence-electron chi connectivity index (χ0n) is 15.5. The van der Waals surface area contributed by atoms with Gasteiger partial charge in [-0.25, -0.2) is 0 Å². The van der Waals surface area contributed by atoms with Gasteiger partial charge in [0.1, 0.15) is 5.75 Å². The summed E-state index contributed by atoms with van der Waals surface area (Å²) < 4.78 is 5.98. The molecule has 0 N–H and O–H groups in total. The molecule has 0 spiro atoms. The molecule has 0 aliphatic carbocycles. The highest BCUT2D eigenvalue weighted by atomic mass is 16.5. The van der Waals surface area contributed by atoms with Crippen molar-refractivity contribution in [2.45, 2.75) is 52.7 Å². The topological polar surface area (TPSA) is 49.9 Å². The molecule has 2 rings (SSSR count). The number of carbonyl (C=O) groups is 2. The first kappa shape index (κ1) is 18.3. The Bertz CT molecular complexity index is 627. The van der Waals surface area contributed by atoms with Gasteiger partial charge in [-0.3, -0.25) is 9.59 Å². The molecule has 0 saturated carbocycles. The number of rotatable bonds is 4. The van der Waals surface area contributed by atoms with Crippen molar-refractivity contribution in [1.29, 1.82) is 0 Å². The van der Waals surface area contributed by atoms with Gasteiger partial charge in [-0.2, -0.15) is 0 Å². The molecule has 0 aromatic heterocycles. The van der Waals surface area contributed by atoms with Gasteiger partial charge in [0.15, 0.2) is 6.10 Å². The monoisotopic (exact) mass is 332 g/mol. The molecule has 132 valence electrons. The first-order chi connectivity index (χ1) is 11.2. The average Bonchev–Trinajstić information content (AvgIpc) is 2.51. The van der Waals surface area contributed by atoms with Crippen LogP contribution in [0.25, 0.3) is 0 Å². The number of hydrogen-bond acceptors (Lipinski definition) is 3. The van der Waals surface area contributed by atoms with Crippen molar-refractivity contribution in [1.82, 2.24) is 9.80 Å². The third-order valence-electron chi connectivity index (χ3n) is 4.62. The van der Waals surface area contributed by atoms with Crippen LogP contribution in [0, 0.1) is 6.92 Å². The number of carbonyl (C=O) groups excluding carboxylic acids is 2. The number of likely N-dealkylation sites (N-methyl/N-ethyl adjacent to an activating group) is 1. The molecule has 1 aliphatic rings. The summed E-state index contributed by atoms with van der Waals surface area (Å²) in [5.74, 6) is 0.889. The summed E-state index contributed by atoms with van der Waals surface area (Å²) in [6.45, 7) is 10.6. The fourth-order valence-electron chi connectivity index (χ4n) is 2.91. The van der Waals surface area contributed by atoms with Crippen molar-refractivity contribution in [2.24, 2.45) is 0 Å². The van der Waals surface area contributed by atoms with Gasteiger partial charge < -0.3 is 14.5 Å². The van der Waals surface area contributed by atoms with Gasteiger partial charge in [0.2, 0.25) is 5.91 Å². The Labute approximate surface area is 144 Å². The van der Waals surface area contributed by atoms with Crippen molar-refractivity contribution in [3.05, 3.63) is 29.3 Å². The Kier molecular flexibility index (Phi) is 5.52. The van der Waals surface area contributed by atoms with Crippen molar-refractivity contribution < 1.29 is 14.3 Å². The van der Waals surface area contributed by atoms with E-state index in [2.05, 4.69) is 19.9 Å². The zero-order chi connectivity index (χ0) is 18.0. The quantitative estimate of drug-likeness (QED) is 0.851. The number of nitrogens with zero attached hydrogens (tertiary/aromatic N) is 2. The lowest BCUT2D eigenvalue weighted by molar-refractivity contribution is -0.150. The molecule has 1 aliphatic heterocycles. The second kappa shape index (κ2) is 7.24. The Balaban J connectivity index is 2.12. The first-order valence-corrected chi connectivity index (χ1v) is 8.52. The summed E-state index contributed by atoms with van der Waals surface area (Å²) in [4.78, 5) is 28.0. The highest BCUT2D eigenvalue weighted by Gasteiger charge is 2.32. The fraction of sp³-hybridized carbons (Fsp3) is 0.579. The third kappa shape index (κ3) is 3.89. The maximum atomic E-state index is 12.7. The minimum Gasteiger partial charge on any atom is -0.481 e. The summed E-state index contributed by atoms with van der Waals surface area (Å²) in [5, 5.41) is 0. The van der Waals surface area contributed by atoms with Crippen molar-refractivity contribution in [3.63, 3.8) is 0 Å². The number of piperazine rings is 1. The number of ether oxygens (including phenoxy) is 1. The molecule has 2 unspecified atom stereocenters. The minimum atomic E-state index is -0.618. The van der Waals surface area contributed by atoms with Gasteiger partial charge in [-0.1, -0.05) is 26.0 Å². The minimum absolute atomic E-state index is 0.0209. The SMILES string of the molecule is Cc1ccc(C(C)C)c(OC(C)C(=O)N2CC(=O)N(C)C(C)C2)c1. The molecule has 2 amide bonds. The average molecular weight is 332 g/mol. The predicted molar refractivity (Wildman–Crippen MR) is 94.2 cm³/mol. The van der Waals surface area contributed by atoms with Crippen molar-refractivity contribution in [2.75, 3.05) is 20.1 Å². The summed E-state index contributed by atoms with van der Waals surface area (Å²) in [5.41, 5.74) is 2.18. The molecule has 1 heterocycles. The van der Waals surface area contributed by atoms with E-state index in [4.69, 9.17) is 4.74 Å². The van der Waals surface area contributed by atoms with Crippen LogP contribution in [0.3, 0.4) is 0 Å². The van der Waals surface area contributed by atoms with E-state index in [1.54, 1.807) is 23.8 Å². The molecule has 1 saturated heterocycles. The lowest BCUT2D eigenvalue weighted by Crippen LogP contribution is -2.57.